The molecule has 88 valence electrons. The molecule has 1 aromatic carbocycles. The van der Waals surface area contributed by atoms with Crippen LogP contribution in [-0.4, -0.2) is 4.98 Å². The van der Waals surface area contributed by atoms with E-state index in [1.165, 1.54) is 0 Å². The number of aryl methyl sites for hydroxylation is 1. The summed E-state index contributed by atoms with van der Waals surface area (Å²) in [6, 6.07) is 13.4. The molecule has 0 unspecified atom stereocenters. The van der Waals surface area contributed by atoms with Gasteiger partial charge in [0.15, 0.2) is 0 Å². The lowest BCUT2D eigenvalue weighted by Crippen LogP contribution is -2.08. The zero-order valence-corrected chi connectivity index (χ0v) is 10.1. The van der Waals surface area contributed by atoms with E-state index in [2.05, 4.69) is 4.98 Å². The van der Waals surface area contributed by atoms with Gasteiger partial charge in [-0.05, 0) is 31.5 Å². The van der Waals surface area contributed by atoms with Crippen LogP contribution in [0.5, 0.6) is 11.6 Å². The van der Waals surface area contributed by atoms with Crippen LogP contribution < -0.4 is 10.5 Å². The molecule has 0 aliphatic rings. The molecule has 17 heavy (non-hydrogen) atoms. The molecular formula is C14H16N2O. The van der Waals surface area contributed by atoms with Crippen LogP contribution in [0.3, 0.4) is 0 Å². The smallest absolute Gasteiger partial charge is 0.219 e. The van der Waals surface area contributed by atoms with Crippen molar-refractivity contribution in [3.8, 4) is 11.6 Å². The minimum absolute atomic E-state index is 0.00623. The largest absolute Gasteiger partial charge is 0.439 e. The summed E-state index contributed by atoms with van der Waals surface area (Å²) in [5.74, 6) is 1.38. The molecule has 0 bridgehead atoms. The van der Waals surface area contributed by atoms with Gasteiger partial charge in [0.1, 0.15) is 5.75 Å². The van der Waals surface area contributed by atoms with Gasteiger partial charge in [-0.2, -0.15) is 0 Å². The van der Waals surface area contributed by atoms with Crippen LogP contribution in [0.1, 0.15) is 24.2 Å². The van der Waals surface area contributed by atoms with Crippen LogP contribution >= 0.6 is 0 Å². The number of nitrogens with two attached hydrogens (primary N) is 1. The maximum atomic E-state index is 5.84. The molecule has 2 N–H and O–H groups in total. The predicted octanol–water partition coefficient (Wildman–Crippen LogP) is 3.20. The van der Waals surface area contributed by atoms with Crippen molar-refractivity contribution in [2.75, 3.05) is 0 Å². The van der Waals surface area contributed by atoms with Crippen LogP contribution in [0.4, 0.5) is 0 Å². The van der Waals surface area contributed by atoms with Crippen molar-refractivity contribution >= 4 is 0 Å². The third-order valence-electron chi connectivity index (χ3n) is 2.56. The number of nitrogens with zero attached hydrogens (tertiary/aromatic N) is 1. The number of hydrogen-bond acceptors (Lipinski definition) is 3. The number of hydrogen-bond donors (Lipinski definition) is 1. The van der Waals surface area contributed by atoms with Gasteiger partial charge in [0.25, 0.3) is 0 Å². The molecule has 2 aromatic rings. The summed E-state index contributed by atoms with van der Waals surface area (Å²) in [6.45, 7) is 3.89. The summed E-state index contributed by atoms with van der Waals surface area (Å²) in [6.07, 6.45) is 0. The van der Waals surface area contributed by atoms with E-state index in [-0.39, 0.29) is 6.04 Å². The third-order valence-corrected chi connectivity index (χ3v) is 2.56. The zero-order valence-electron chi connectivity index (χ0n) is 10.1. The monoisotopic (exact) mass is 228 g/mol. The van der Waals surface area contributed by atoms with E-state index in [1.807, 2.05) is 56.3 Å². The molecular weight excluding hydrogens is 212 g/mol. The van der Waals surface area contributed by atoms with Crippen molar-refractivity contribution in [1.29, 1.82) is 0 Å². The summed E-state index contributed by atoms with van der Waals surface area (Å²) >= 11 is 0. The van der Waals surface area contributed by atoms with E-state index in [0.717, 1.165) is 17.0 Å². The Morgan fingerprint density at radius 2 is 1.82 bits per heavy atom. The molecule has 0 aliphatic carbocycles. The van der Waals surface area contributed by atoms with Gasteiger partial charge in [-0.25, -0.2) is 4.98 Å². The van der Waals surface area contributed by atoms with Gasteiger partial charge in [-0.1, -0.05) is 24.3 Å². The number of ether oxygens (including phenoxy) is 1. The quantitative estimate of drug-likeness (QED) is 0.877. The van der Waals surface area contributed by atoms with Gasteiger partial charge in [-0.15, -0.1) is 0 Å². The molecule has 0 saturated heterocycles. The molecule has 1 aromatic heterocycles. The fraction of sp³-hybridized carbons (Fsp3) is 0.214. The first-order valence-electron chi connectivity index (χ1n) is 5.63. The van der Waals surface area contributed by atoms with Crippen molar-refractivity contribution < 1.29 is 4.74 Å². The highest BCUT2D eigenvalue weighted by Crippen LogP contribution is 2.22. The van der Waals surface area contributed by atoms with Gasteiger partial charge in [0.05, 0.1) is 0 Å². The Bertz CT molecular complexity index is 495. The van der Waals surface area contributed by atoms with Crippen LogP contribution in [0.15, 0.2) is 42.5 Å². The van der Waals surface area contributed by atoms with Gasteiger partial charge in [-0.3, -0.25) is 0 Å². The fourth-order valence-electron chi connectivity index (χ4n) is 1.70. The van der Waals surface area contributed by atoms with Crippen molar-refractivity contribution in [3.63, 3.8) is 0 Å². The molecule has 2 rings (SSSR count). The third kappa shape index (κ3) is 2.82. The highest BCUT2D eigenvalue weighted by Gasteiger charge is 2.06. The minimum atomic E-state index is -0.00623. The van der Waals surface area contributed by atoms with E-state index >= 15 is 0 Å². The predicted molar refractivity (Wildman–Crippen MR) is 68.1 cm³/mol. The first-order chi connectivity index (χ1) is 8.16. The Morgan fingerprint density at radius 1 is 1.12 bits per heavy atom. The SMILES string of the molecule is Cc1nc(Oc2ccccc2)ccc1[C@@H](C)N. The molecule has 0 spiro atoms. The highest BCUT2D eigenvalue weighted by atomic mass is 16.5. The maximum Gasteiger partial charge on any atom is 0.219 e. The first-order valence-corrected chi connectivity index (χ1v) is 5.63. The second-order valence-electron chi connectivity index (χ2n) is 4.03. The number of benzene rings is 1. The summed E-state index contributed by atoms with van der Waals surface area (Å²) in [5, 5.41) is 0. The van der Waals surface area contributed by atoms with Crippen molar-refractivity contribution in [2.45, 2.75) is 19.9 Å². The molecule has 3 heteroatoms. The summed E-state index contributed by atoms with van der Waals surface area (Å²) in [4.78, 5) is 4.39. The molecule has 3 nitrogen and oxygen atoms in total. The Balaban J connectivity index is 2.21. The van der Waals surface area contributed by atoms with E-state index in [1.54, 1.807) is 0 Å². The molecule has 0 saturated carbocycles. The van der Waals surface area contributed by atoms with Crippen LogP contribution in [0.2, 0.25) is 0 Å². The normalized spacial score (nSPS) is 12.2. The van der Waals surface area contributed by atoms with E-state index in [9.17, 15) is 0 Å². The van der Waals surface area contributed by atoms with Crippen LogP contribution in [0.25, 0.3) is 0 Å². The lowest BCUT2D eigenvalue weighted by molar-refractivity contribution is 0.461. The van der Waals surface area contributed by atoms with E-state index in [0.29, 0.717) is 5.88 Å². The average Bonchev–Trinajstić information content (AvgIpc) is 2.30. The standard InChI is InChI=1S/C14H16N2O/c1-10(15)13-8-9-14(16-11(13)2)17-12-6-4-3-5-7-12/h3-10H,15H2,1-2H3/t10-/m1/s1. The molecule has 0 fully saturated rings. The van der Waals surface area contributed by atoms with Crippen molar-refractivity contribution in [1.82, 2.24) is 4.98 Å². The summed E-state index contributed by atoms with van der Waals surface area (Å²) < 4.78 is 5.64. The van der Waals surface area contributed by atoms with E-state index < -0.39 is 0 Å². The number of aromatic nitrogens is 1. The number of rotatable bonds is 3. The Kier molecular flexibility index (Phi) is 3.40. The summed E-state index contributed by atoms with van der Waals surface area (Å²) in [7, 11) is 0. The van der Waals surface area contributed by atoms with Gasteiger partial charge < -0.3 is 10.5 Å². The van der Waals surface area contributed by atoms with Crippen LogP contribution in [0, 0.1) is 6.92 Å². The fourth-order valence-corrected chi connectivity index (χ4v) is 1.70. The average molecular weight is 228 g/mol. The molecule has 0 aliphatic heterocycles. The van der Waals surface area contributed by atoms with Gasteiger partial charge >= 0.3 is 0 Å². The lowest BCUT2D eigenvalue weighted by Gasteiger charge is -2.11. The molecule has 0 radical (unpaired) electrons. The zero-order chi connectivity index (χ0) is 12.3. The topological polar surface area (TPSA) is 48.1 Å². The Morgan fingerprint density at radius 3 is 2.41 bits per heavy atom. The van der Waals surface area contributed by atoms with Crippen molar-refractivity contribution in [3.05, 3.63) is 53.7 Å². The highest BCUT2D eigenvalue weighted by molar-refractivity contribution is 5.31. The van der Waals surface area contributed by atoms with Gasteiger partial charge in [0, 0.05) is 17.8 Å². The lowest BCUT2D eigenvalue weighted by atomic mass is 10.1. The Hall–Kier alpha value is -1.87. The molecule has 1 atom stereocenters. The molecule has 1 heterocycles. The van der Waals surface area contributed by atoms with Crippen molar-refractivity contribution in [2.24, 2.45) is 5.73 Å². The number of para-hydroxylation sites is 1. The maximum absolute atomic E-state index is 5.84. The Labute approximate surface area is 101 Å². The minimum Gasteiger partial charge on any atom is -0.439 e. The van der Waals surface area contributed by atoms with Gasteiger partial charge in [0.2, 0.25) is 5.88 Å². The summed E-state index contributed by atoms with van der Waals surface area (Å²) in [5.41, 5.74) is 7.79. The van der Waals surface area contributed by atoms with E-state index in [4.69, 9.17) is 10.5 Å². The second kappa shape index (κ2) is 4.97. The number of pyridine rings is 1. The first kappa shape index (κ1) is 11.6. The van der Waals surface area contributed by atoms with Crippen LogP contribution in [-0.2, 0) is 0 Å². The molecule has 0 amide bonds. The second-order valence-corrected chi connectivity index (χ2v) is 4.03.